The molecule has 20 heavy (non-hydrogen) atoms. The number of nitrogens with zero attached hydrogens (tertiary/aromatic N) is 1. The second-order valence-corrected chi connectivity index (χ2v) is 5.57. The molecule has 1 aliphatic heterocycles. The monoisotopic (exact) mass is 275 g/mol. The van der Waals surface area contributed by atoms with Crippen molar-refractivity contribution in [2.75, 3.05) is 13.2 Å². The van der Waals surface area contributed by atoms with Gasteiger partial charge >= 0.3 is 5.97 Å². The highest BCUT2D eigenvalue weighted by molar-refractivity contribution is 5.72. The molecule has 0 aromatic heterocycles. The van der Waals surface area contributed by atoms with E-state index in [2.05, 4.69) is 36.1 Å². The summed E-state index contributed by atoms with van der Waals surface area (Å²) in [4.78, 5) is 14.4. The van der Waals surface area contributed by atoms with Crippen molar-refractivity contribution in [2.45, 2.75) is 45.7 Å². The van der Waals surface area contributed by atoms with Crippen LogP contribution in [0.4, 0.5) is 0 Å². The summed E-state index contributed by atoms with van der Waals surface area (Å²) in [6, 6.07) is 11.2. The normalized spacial score (nSPS) is 22.4. The number of rotatable bonds is 5. The van der Waals surface area contributed by atoms with Gasteiger partial charge in [0.15, 0.2) is 0 Å². The minimum absolute atomic E-state index is 0.0522. The van der Waals surface area contributed by atoms with Crippen molar-refractivity contribution < 1.29 is 9.53 Å². The summed E-state index contributed by atoms with van der Waals surface area (Å²) >= 11 is 0. The molecule has 3 heteroatoms. The lowest BCUT2D eigenvalue weighted by atomic mass is 9.97. The predicted octanol–water partition coefficient (Wildman–Crippen LogP) is 3.41. The van der Waals surface area contributed by atoms with Gasteiger partial charge in [0.2, 0.25) is 0 Å². The number of likely N-dealkylation sites (tertiary alicyclic amines) is 1. The molecule has 0 N–H and O–H groups in total. The molecular formula is C17H25NO2. The highest BCUT2D eigenvalue weighted by Gasteiger charge is 2.36. The first kappa shape index (κ1) is 15.0. The zero-order valence-corrected chi connectivity index (χ0v) is 12.7. The lowest BCUT2D eigenvalue weighted by Crippen LogP contribution is -2.40. The summed E-state index contributed by atoms with van der Waals surface area (Å²) in [5.74, 6) is -0.117. The van der Waals surface area contributed by atoms with Gasteiger partial charge in [-0.2, -0.15) is 0 Å². The maximum atomic E-state index is 12.0. The lowest BCUT2D eigenvalue weighted by Gasteiger charge is -2.33. The summed E-state index contributed by atoms with van der Waals surface area (Å²) in [5, 5.41) is 0. The van der Waals surface area contributed by atoms with Gasteiger partial charge in [0.1, 0.15) is 0 Å². The van der Waals surface area contributed by atoms with Crippen molar-refractivity contribution in [2.24, 2.45) is 5.92 Å². The number of benzene rings is 1. The fraction of sp³-hybridized carbons (Fsp3) is 0.588. The topological polar surface area (TPSA) is 29.5 Å². The molecule has 1 aromatic rings. The Morgan fingerprint density at radius 3 is 2.70 bits per heavy atom. The van der Waals surface area contributed by atoms with Gasteiger partial charge in [-0.3, -0.25) is 9.69 Å². The Labute approximate surface area is 121 Å². The molecule has 0 saturated carbocycles. The Morgan fingerprint density at radius 1 is 1.35 bits per heavy atom. The van der Waals surface area contributed by atoms with Crippen LogP contribution in [0.3, 0.4) is 0 Å². The lowest BCUT2D eigenvalue weighted by molar-refractivity contribution is -0.149. The molecule has 3 atom stereocenters. The van der Waals surface area contributed by atoms with E-state index >= 15 is 0 Å². The Morgan fingerprint density at radius 2 is 2.05 bits per heavy atom. The molecule has 0 aliphatic carbocycles. The highest BCUT2D eigenvalue weighted by atomic mass is 16.5. The quantitative estimate of drug-likeness (QED) is 0.771. The molecular weight excluding hydrogens is 250 g/mol. The Hall–Kier alpha value is -1.35. The van der Waals surface area contributed by atoms with Crippen molar-refractivity contribution in [1.29, 1.82) is 0 Å². The van der Waals surface area contributed by atoms with Gasteiger partial charge in [-0.25, -0.2) is 0 Å². The maximum absolute atomic E-state index is 12.0. The fourth-order valence-corrected chi connectivity index (χ4v) is 3.19. The predicted molar refractivity (Wildman–Crippen MR) is 80.4 cm³/mol. The van der Waals surface area contributed by atoms with Gasteiger partial charge in [0, 0.05) is 12.1 Å². The van der Waals surface area contributed by atoms with Crippen LogP contribution in [0.15, 0.2) is 30.3 Å². The second-order valence-electron chi connectivity index (χ2n) is 5.57. The van der Waals surface area contributed by atoms with Crippen LogP contribution in [0.25, 0.3) is 0 Å². The van der Waals surface area contributed by atoms with E-state index in [1.807, 2.05) is 19.9 Å². The van der Waals surface area contributed by atoms with E-state index in [4.69, 9.17) is 4.74 Å². The van der Waals surface area contributed by atoms with Crippen molar-refractivity contribution in [3.8, 4) is 0 Å². The number of esters is 1. The van der Waals surface area contributed by atoms with Crippen LogP contribution in [-0.4, -0.2) is 30.1 Å². The first-order valence-corrected chi connectivity index (χ1v) is 7.62. The maximum Gasteiger partial charge on any atom is 0.310 e. The molecule has 0 radical (unpaired) electrons. The summed E-state index contributed by atoms with van der Waals surface area (Å²) in [7, 11) is 0. The van der Waals surface area contributed by atoms with E-state index in [0.29, 0.717) is 18.7 Å². The number of carbonyl (C=O) groups excluding carboxylic acids is 1. The summed E-state index contributed by atoms with van der Waals surface area (Å²) in [5.41, 5.74) is 1.32. The largest absolute Gasteiger partial charge is 0.466 e. The standard InChI is InChI=1S/C17H25NO2/c1-4-20-17(19)13(2)16-11-8-12-18(16)14(3)15-9-6-5-7-10-15/h5-7,9-10,13-14,16H,4,8,11-12H2,1-3H3/t13-,14+,16-/m1/s1. The molecule has 1 aliphatic rings. The van der Waals surface area contributed by atoms with E-state index < -0.39 is 0 Å². The van der Waals surface area contributed by atoms with Gasteiger partial charge < -0.3 is 4.74 Å². The van der Waals surface area contributed by atoms with E-state index in [0.717, 1.165) is 19.4 Å². The smallest absolute Gasteiger partial charge is 0.310 e. The molecule has 1 aromatic carbocycles. The van der Waals surface area contributed by atoms with Crippen molar-refractivity contribution in [3.63, 3.8) is 0 Å². The van der Waals surface area contributed by atoms with Crippen LogP contribution in [0.2, 0.25) is 0 Å². The van der Waals surface area contributed by atoms with Crippen LogP contribution in [-0.2, 0) is 9.53 Å². The molecule has 1 saturated heterocycles. The molecule has 1 fully saturated rings. The zero-order chi connectivity index (χ0) is 14.5. The third-order valence-electron chi connectivity index (χ3n) is 4.36. The zero-order valence-electron chi connectivity index (χ0n) is 12.7. The molecule has 2 rings (SSSR count). The van der Waals surface area contributed by atoms with E-state index in [1.54, 1.807) is 0 Å². The van der Waals surface area contributed by atoms with Crippen LogP contribution in [0, 0.1) is 5.92 Å². The number of ether oxygens (including phenoxy) is 1. The Kier molecular flexibility index (Phi) is 5.18. The number of hydrogen-bond acceptors (Lipinski definition) is 3. The van der Waals surface area contributed by atoms with Gasteiger partial charge in [-0.15, -0.1) is 0 Å². The van der Waals surface area contributed by atoms with Gasteiger partial charge in [0.25, 0.3) is 0 Å². The van der Waals surface area contributed by atoms with Gasteiger partial charge in [-0.05, 0) is 38.8 Å². The Bertz CT molecular complexity index is 432. The SMILES string of the molecule is CCOC(=O)[C@H](C)[C@H]1CCCN1[C@@H](C)c1ccccc1. The third-order valence-corrected chi connectivity index (χ3v) is 4.36. The van der Waals surface area contributed by atoms with Gasteiger partial charge in [0.05, 0.1) is 12.5 Å². The molecule has 0 unspecified atom stereocenters. The van der Waals surface area contributed by atoms with Crippen LogP contribution in [0.1, 0.15) is 45.2 Å². The molecule has 3 nitrogen and oxygen atoms in total. The minimum Gasteiger partial charge on any atom is -0.466 e. The van der Waals surface area contributed by atoms with E-state index in [9.17, 15) is 4.79 Å². The average molecular weight is 275 g/mol. The summed E-state index contributed by atoms with van der Waals surface area (Å²) < 4.78 is 5.18. The highest BCUT2D eigenvalue weighted by Crippen LogP contribution is 2.33. The Balaban J connectivity index is 2.09. The first-order valence-electron chi connectivity index (χ1n) is 7.62. The molecule has 0 spiro atoms. The van der Waals surface area contributed by atoms with Gasteiger partial charge in [-0.1, -0.05) is 37.3 Å². The summed E-state index contributed by atoms with van der Waals surface area (Å²) in [6.07, 6.45) is 2.24. The molecule has 0 bridgehead atoms. The van der Waals surface area contributed by atoms with E-state index in [1.165, 1.54) is 5.56 Å². The number of carbonyl (C=O) groups is 1. The van der Waals surface area contributed by atoms with Crippen molar-refractivity contribution in [3.05, 3.63) is 35.9 Å². The van der Waals surface area contributed by atoms with Crippen LogP contribution < -0.4 is 0 Å². The van der Waals surface area contributed by atoms with E-state index in [-0.39, 0.29) is 11.9 Å². The fourth-order valence-electron chi connectivity index (χ4n) is 3.19. The minimum atomic E-state index is -0.0651. The molecule has 0 amide bonds. The number of hydrogen-bond donors (Lipinski definition) is 0. The molecule has 1 heterocycles. The first-order chi connectivity index (χ1) is 9.65. The average Bonchev–Trinajstić information content (AvgIpc) is 2.96. The third kappa shape index (κ3) is 3.21. The summed E-state index contributed by atoms with van der Waals surface area (Å²) in [6.45, 7) is 7.61. The van der Waals surface area contributed by atoms with Crippen molar-refractivity contribution >= 4 is 5.97 Å². The van der Waals surface area contributed by atoms with Crippen LogP contribution in [0.5, 0.6) is 0 Å². The van der Waals surface area contributed by atoms with Crippen molar-refractivity contribution in [1.82, 2.24) is 4.90 Å². The van der Waals surface area contributed by atoms with Crippen LogP contribution >= 0.6 is 0 Å². The molecule has 110 valence electrons. The second kappa shape index (κ2) is 6.89.